The number of hydrogen-bond donors (Lipinski definition) is 1. The van der Waals surface area contributed by atoms with Crippen LogP contribution < -0.4 is 0 Å². The van der Waals surface area contributed by atoms with Gasteiger partial charge in [0.05, 0.1) is 21.2 Å². The molecule has 0 saturated carbocycles. The molecule has 1 rings (SSSR count). The Morgan fingerprint density at radius 1 is 1.41 bits per heavy atom. The minimum Gasteiger partial charge on any atom is -0.478 e. The Bertz CT molecular complexity index is 564. The summed E-state index contributed by atoms with van der Waals surface area (Å²) < 4.78 is 23.5. The zero-order valence-electron chi connectivity index (χ0n) is 8.43. The minimum atomic E-state index is -3.59. The lowest BCUT2D eigenvalue weighted by Crippen LogP contribution is -2.07. The Labute approximate surface area is 108 Å². The summed E-state index contributed by atoms with van der Waals surface area (Å²) in [4.78, 5) is 10.7. The van der Waals surface area contributed by atoms with Gasteiger partial charge in [-0.05, 0) is 18.2 Å². The number of hydrogen-bond acceptors (Lipinski definition) is 3. The molecule has 0 fully saturated rings. The predicted molar refractivity (Wildman–Crippen MR) is 65.5 cm³/mol. The molecule has 0 atom stereocenters. The Balaban J connectivity index is 3.25. The lowest BCUT2D eigenvalue weighted by Gasteiger charge is -2.04. The van der Waals surface area contributed by atoms with Crippen molar-refractivity contribution in [2.75, 3.05) is 5.75 Å². The SMILES string of the molecule is O=C(O)c1cc(S(=O)(=O)C/C=C/Cl)ccc1Cl. The molecule has 17 heavy (non-hydrogen) atoms. The summed E-state index contributed by atoms with van der Waals surface area (Å²) in [5.41, 5.74) is 0.841. The quantitative estimate of drug-likeness (QED) is 0.926. The summed E-state index contributed by atoms with van der Waals surface area (Å²) >= 11 is 10.9. The third-order valence-corrected chi connectivity index (χ3v) is 4.04. The van der Waals surface area contributed by atoms with Crippen molar-refractivity contribution in [2.45, 2.75) is 4.90 Å². The maximum Gasteiger partial charge on any atom is 0.337 e. The average Bonchev–Trinajstić information content (AvgIpc) is 2.26. The summed E-state index contributed by atoms with van der Waals surface area (Å²) in [5.74, 6) is -1.57. The van der Waals surface area contributed by atoms with E-state index in [-0.39, 0.29) is 21.2 Å². The highest BCUT2D eigenvalue weighted by Gasteiger charge is 2.17. The smallest absolute Gasteiger partial charge is 0.337 e. The number of carboxylic acids is 1. The van der Waals surface area contributed by atoms with Crippen LogP contribution in [0.2, 0.25) is 5.02 Å². The van der Waals surface area contributed by atoms with E-state index in [1.54, 1.807) is 0 Å². The van der Waals surface area contributed by atoms with Crippen molar-refractivity contribution in [1.82, 2.24) is 0 Å². The molecule has 0 aliphatic heterocycles. The van der Waals surface area contributed by atoms with Crippen molar-refractivity contribution in [2.24, 2.45) is 0 Å². The lowest BCUT2D eigenvalue weighted by atomic mass is 10.2. The first-order valence-corrected chi connectivity index (χ1v) is 6.86. The molecule has 1 aromatic rings. The van der Waals surface area contributed by atoms with E-state index in [1.165, 1.54) is 18.2 Å². The van der Waals surface area contributed by atoms with E-state index in [2.05, 4.69) is 0 Å². The second kappa shape index (κ2) is 5.53. The molecule has 1 aromatic carbocycles. The van der Waals surface area contributed by atoms with Crippen molar-refractivity contribution in [3.8, 4) is 0 Å². The number of carboxylic acid groups (broad SMARTS) is 1. The average molecular weight is 295 g/mol. The van der Waals surface area contributed by atoms with Crippen LogP contribution >= 0.6 is 23.2 Å². The van der Waals surface area contributed by atoms with Gasteiger partial charge >= 0.3 is 5.97 Å². The van der Waals surface area contributed by atoms with Crippen LogP contribution in [0.1, 0.15) is 10.4 Å². The van der Waals surface area contributed by atoms with Crippen LogP contribution in [-0.4, -0.2) is 25.2 Å². The molecule has 4 nitrogen and oxygen atoms in total. The summed E-state index contributed by atoms with van der Waals surface area (Å²) in [6, 6.07) is 3.52. The molecule has 0 amide bonds. The van der Waals surface area contributed by atoms with Gasteiger partial charge in [-0.2, -0.15) is 0 Å². The van der Waals surface area contributed by atoms with Crippen LogP contribution in [0.3, 0.4) is 0 Å². The number of rotatable bonds is 4. The molecule has 0 aliphatic rings. The first-order chi connectivity index (χ1) is 7.88. The second-order valence-corrected chi connectivity index (χ2v) is 5.78. The van der Waals surface area contributed by atoms with Gasteiger partial charge in [-0.25, -0.2) is 13.2 Å². The third kappa shape index (κ3) is 3.46. The number of halogens is 2. The first-order valence-electron chi connectivity index (χ1n) is 4.39. The van der Waals surface area contributed by atoms with Crippen LogP contribution in [0, 0.1) is 0 Å². The second-order valence-electron chi connectivity index (χ2n) is 3.09. The van der Waals surface area contributed by atoms with E-state index in [4.69, 9.17) is 28.3 Å². The van der Waals surface area contributed by atoms with Crippen LogP contribution in [0.25, 0.3) is 0 Å². The Morgan fingerprint density at radius 2 is 2.06 bits per heavy atom. The van der Waals surface area contributed by atoms with Crippen molar-refractivity contribution in [1.29, 1.82) is 0 Å². The van der Waals surface area contributed by atoms with Crippen LogP contribution in [0.4, 0.5) is 0 Å². The molecule has 0 bridgehead atoms. The molecule has 0 radical (unpaired) electrons. The van der Waals surface area contributed by atoms with Gasteiger partial charge in [-0.3, -0.25) is 0 Å². The maximum atomic E-state index is 11.7. The van der Waals surface area contributed by atoms with E-state index >= 15 is 0 Å². The maximum absolute atomic E-state index is 11.7. The van der Waals surface area contributed by atoms with Gasteiger partial charge in [-0.15, -0.1) is 0 Å². The highest BCUT2D eigenvalue weighted by Crippen LogP contribution is 2.21. The van der Waals surface area contributed by atoms with Crippen molar-refractivity contribution < 1.29 is 18.3 Å². The third-order valence-electron chi connectivity index (χ3n) is 1.93. The van der Waals surface area contributed by atoms with Gasteiger partial charge in [0.2, 0.25) is 0 Å². The van der Waals surface area contributed by atoms with E-state index in [9.17, 15) is 13.2 Å². The molecule has 7 heteroatoms. The van der Waals surface area contributed by atoms with Crippen LogP contribution in [0.15, 0.2) is 34.7 Å². The van der Waals surface area contributed by atoms with Crippen LogP contribution in [0.5, 0.6) is 0 Å². The summed E-state index contributed by atoms with van der Waals surface area (Å²) in [6.07, 6.45) is 1.26. The predicted octanol–water partition coefficient (Wildman–Crippen LogP) is 2.56. The molecule has 1 N–H and O–H groups in total. The van der Waals surface area contributed by atoms with E-state index < -0.39 is 15.8 Å². The Kier molecular flexibility index (Phi) is 4.56. The fourth-order valence-corrected chi connectivity index (χ4v) is 2.63. The van der Waals surface area contributed by atoms with E-state index in [0.29, 0.717) is 0 Å². The van der Waals surface area contributed by atoms with Gasteiger partial charge in [0, 0.05) is 5.54 Å². The Hall–Kier alpha value is -1.04. The fraction of sp³-hybridized carbons (Fsp3) is 0.100. The highest BCUT2D eigenvalue weighted by molar-refractivity contribution is 7.91. The largest absolute Gasteiger partial charge is 0.478 e. The zero-order valence-corrected chi connectivity index (χ0v) is 10.8. The Morgan fingerprint density at radius 3 is 2.59 bits per heavy atom. The van der Waals surface area contributed by atoms with Crippen LogP contribution in [-0.2, 0) is 9.84 Å². The van der Waals surface area contributed by atoms with Gasteiger partial charge in [0.25, 0.3) is 0 Å². The lowest BCUT2D eigenvalue weighted by molar-refractivity contribution is 0.0697. The molecule has 0 unspecified atom stereocenters. The van der Waals surface area contributed by atoms with Crippen molar-refractivity contribution in [3.63, 3.8) is 0 Å². The monoisotopic (exact) mass is 294 g/mol. The van der Waals surface area contributed by atoms with Gasteiger partial charge < -0.3 is 5.11 Å². The highest BCUT2D eigenvalue weighted by atomic mass is 35.5. The van der Waals surface area contributed by atoms with Crippen molar-refractivity contribution >= 4 is 39.0 Å². The molecular weight excluding hydrogens is 287 g/mol. The van der Waals surface area contributed by atoms with E-state index in [0.717, 1.165) is 11.6 Å². The first kappa shape index (κ1) is 14.0. The van der Waals surface area contributed by atoms with Crippen molar-refractivity contribution in [3.05, 3.63) is 40.4 Å². The summed E-state index contributed by atoms with van der Waals surface area (Å²) in [6.45, 7) is 0. The van der Waals surface area contributed by atoms with Gasteiger partial charge in [0.15, 0.2) is 9.84 Å². The minimum absolute atomic E-state index is 0.00987. The standard InChI is InChI=1S/C10H8Cl2O4S/c11-4-1-5-17(15,16)7-2-3-9(12)8(6-7)10(13)14/h1-4,6H,5H2,(H,13,14)/b4-1+. The molecule has 92 valence electrons. The summed E-state index contributed by atoms with van der Waals surface area (Å²) in [5, 5.41) is 8.81. The normalized spacial score (nSPS) is 11.9. The molecule has 0 saturated heterocycles. The molecule has 0 spiro atoms. The molecule has 0 aromatic heterocycles. The molecular formula is C10H8Cl2O4S. The fourth-order valence-electron chi connectivity index (χ4n) is 1.12. The van der Waals surface area contributed by atoms with Gasteiger partial charge in [0.1, 0.15) is 0 Å². The number of carbonyl (C=O) groups is 1. The topological polar surface area (TPSA) is 71.4 Å². The summed E-state index contributed by atoms with van der Waals surface area (Å²) in [7, 11) is -3.59. The van der Waals surface area contributed by atoms with E-state index in [1.807, 2.05) is 0 Å². The number of sulfone groups is 1. The zero-order chi connectivity index (χ0) is 13.1. The number of benzene rings is 1. The number of aromatic carboxylic acids is 1. The molecule has 0 aliphatic carbocycles. The van der Waals surface area contributed by atoms with Gasteiger partial charge in [-0.1, -0.05) is 29.3 Å². The molecule has 0 heterocycles.